The third kappa shape index (κ3) is 3.91. The first-order valence-electron chi connectivity index (χ1n) is 6.21. The largest absolute Gasteiger partial charge is 0.490 e. The smallest absolute Gasteiger partial charge is 0.122 e. The van der Waals surface area contributed by atoms with E-state index in [1.165, 1.54) is 0 Å². The van der Waals surface area contributed by atoms with E-state index in [1.807, 2.05) is 25.1 Å². The van der Waals surface area contributed by atoms with Crippen LogP contribution in [0.3, 0.4) is 0 Å². The Hall–Kier alpha value is -2.18. The molecule has 0 N–H and O–H groups in total. The minimum atomic E-state index is 0.414. The zero-order valence-corrected chi connectivity index (χ0v) is 11.9. The standard InChI is InChI=1S/C16H14ClNO2/c1-12-9-14(17)5-6-16(12)20-8-7-19-15-4-2-3-13(10-15)11-18/h2-6,9-10H,7-8H2,1H3. The topological polar surface area (TPSA) is 42.2 Å². The second-order valence-electron chi connectivity index (χ2n) is 4.25. The first-order chi connectivity index (χ1) is 9.69. The summed E-state index contributed by atoms with van der Waals surface area (Å²) in [5, 5.41) is 9.49. The van der Waals surface area contributed by atoms with Gasteiger partial charge in [0.15, 0.2) is 0 Å². The van der Waals surface area contributed by atoms with Gasteiger partial charge in [0.2, 0.25) is 0 Å². The molecular formula is C16H14ClNO2. The molecule has 0 amide bonds. The Morgan fingerprint density at radius 3 is 2.65 bits per heavy atom. The molecule has 0 spiro atoms. The number of benzene rings is 2. The molecule has 0 aromatic heterocycles. The lowest BCUT2D eigenvalue weighted by Gasteiger charge is -2.10. The molecule has 0 heterocycles. The average Bonchev–Trinajstić information content (AvgIpc) is 2.45. The second kappa shape index (κ2) is 6.83. The van der Waals surface area contributed by atoms with Gasteiger partial charge < -0.3 is 9.47 Å². The summed E-state index contributed by atoms with van der Waals surface area (Å²) in [7, 11) is 0. The van der Waals surface area contributed by atoms with Crippen LogP contribution in [0.2, 0.25) is 5.02 Å². The SMILES string of the molecule is Cc1cc(Cl)ccc1OCCOc1cccc(C#N)c1. The summed E-state index contributed by atoms with van der Waals surface area (Å²) in [6.07, 6.45) is 0. The van der Waals surface area contributed by atoms with Crippen LogP contribution >= 0.6 is 11.6 Å². The number of ether oxygens (including phenoxy) is 2. The average molecular weight is 288 g/mol. The normalized spacial score (nSPS) is 9.85. The van der Waals surface area contributed by atoms with Gasteiger partial charge in [0, 0.05) is 5.02 Å². The molecule has 0 saturated heterocycles. The van der Waals surface area contributed by atoms with E-state index in [4.69, 9.17) is 26.3 Å². The lowest BCUT2D eigenvalue weighted by Crippen LogP contribution is -2.09. The van der Waals surface area contributed by atoms with Crippen LogP contribution in [-0.2, 0) is 0 Å². The Labute approximate surface area is 123 Å². The number of rotatable bonds is 5. The van der Waals surface area contributed by atoms with E-state index in [1.54, 1.807) is 24.3 Å². The lowest BCUT2D eigenvalue weighted by molar-refractivity contribution is 0.216. The van der Waals surface area contributed by atoms with Crippen LogP contribution in [0.1, 0.15) is 11.1 Å². The summed E-state index contributed by atoms with van der Waals surface area (Å²) in [5.74, 6) is 1.46. The monoisotopic (exact) mass is 287 g/mol. The summed E-state index contributed by atoms with van der Waals surface area (Å²) in [5.41, 5.74) is 1.57. The number of nitrogens with zero attached hydrogens (tertiary/aromatic N) is 1. The van der Waals surface area contributed by atoms with Crippen LogP contribution in [0.5, 0.6) is 11.5 Å². The number of aryl methyl sites for hydroxylation is 1. The van der Waals surface area contributed by atoms with E-state index >= 15 is 0 Å². The third-order valence-corrected chi connectivity index (χ3v) is 2.94. The highest BCUT2D eigenvalue weighted by atomic mass is 35.5. The van der Waals surface area contributed by atoms with Gasteiger partial charge in [-0.05, 0) is 48.9 Å². The van der Waals surface area contributed by atoms with Crippen molar-refractivity contribution < 1.29 is 9.47 Å². The molecule has 0 radical (unpaired) electrons. The molecule has 0 aliphatic heterocycles. The van der Waals surface area contributed by atoms with E-state index in [-0.39, 0.29) is 0 Å². The Morgan fingerprint density at radius 1 is 1.10 bits per heavy atom. The number of hydrogen-bond donors (Lipinski definition) is 0. The van der Waals surface area contributed by atoms with E-state index in [0.717, 1.165) is 11.3 Å². The fourth-order valence-electron chi connectivity index (χ4n) is 1.74. The summed E-state index contributed by atoms with van der Waals surface area (Å²) in [4.78, 5) is 0. The van der Waals surface area contributed by atoms with Gasteiger partial charge >= 0.3 is 0 Å². The van der Waals surface area contributed by atoms with E-state index in [2.05, 4.69) is 6.07 Å². The van der Waals surface area contributed by atoms with Gasteiger partial charge in [0.05, 0.1) is 11.6 Å². The van der Waals surface area contributed by atoms with E-state index in [9.17, 15) is 0 Å². The number of hydrogen-bond acceptors (Lipinski definition) is 3. The van der Waals surface area contributed by atoms with Crippen LogP contribution in [0.25, 0.3) is 0 Å². The van der Waals surface area contributed by atoms with Gasteiger partial charge in [-0.3, -0.25) is 0 Å². The zero-order chi connectivity index (χ0) is 14.4. The zero-order valence-electron chi connectivity index (χ0n) is 11.1. The first kappa shape index (κ1) is 14.2. The molecule has 0 aliphatic carbocycles. The molecule has 0 fully saturated rings. The minimum absolute atomic E-state index is 0.414. The summed E-state index contributed by atoms with van der Waals surface area (Å²) in [6, 6.07) is 14.6. The van der Waals surface area contributed by atoms with Crippen LogP contribution in [-0.4, -0.2) is 13.2 Å². The molecule has 2 aromatic carbocycles. The van der Waals surface area contributed by atoms with Crippen molar-refractivity contribution in [3.63, 3.8) is 0 Å². The molecule has 3 nitrogen and oxygen atoms in total. The summed E-state index contributed by atoms with van der Waals surface area (Å²) in [6.45, 7) is 2.79. The van der Waals surface area contributed by atoms with Crippen molar-refractivity contribution in [2.75, 3.05) is 13.2 Å². The highest BCUT2D eigenvalue weighted by molar-refractivity contribution is 6.30. The summed E-state index contributed by atoms with van der Waals surface area (Å²) >= 11 is 5.88. The maximum atomic E-state index is 8.79. The fraction of sp³-hybridized carbons (Fsp3) is 0.188. The van der Waals surface area contributed by atoms with Gasteiger partial charge in [0.25, 0.3) is 0 Å². The molecule has 2 aromatic rings. The lowest BCUT2D eigenvalue weighted by atomic mass is 10.2. The molecular weight excluding hydrogens is 274 g/mol. The Morgan fingerprint density at radius 2 is 1.90 bits per heavy atom. The molecule has 102 valence electrons. The molecule has 0 saturated carbocycles. The molecule has 0 aliphatic rings. The maximum Gasteiger partial charge on any atom is 0.122 e. The molecule has 4 heteroatoms. The van der Waals surface area contributed by atoms with Gasteiger partial charge in [-0.15, -0.1) is 0 Å². The van der Waals surface area contributed by atoms with Crippen molar-refractivity contribution in [3.05, 3.63) is 58.6 Å². The molecule has 0 unspecified atom stereocenters. The van der Waals surface area contributed by atoms with Gasteiger partial charge in [-0.2, -0.15) is 5.26 Å². The van der Waals surface area contributed by atoms with Gasteiger partial charge in [0.1, 0.15) is 24.7 Å². The number of nitriles is 1. The first-order valence-corrected chi connectivity index (χ1v) is 6.59. The van der Waals surface area contributed by atoms with Crippen molar-refractivity contribution in [3.8, 4) is 17.6 Å². The van der Waals surface area contributed by atoms with Gasteiger partial charge in [-0.25, -0.2) is 0 Å². The van der Waals surface area contributed by atoms with Gasteiger partial charge in [-0.1, -0.05) is 17.7 Å². The van der Waals surface area contributed by atoms with Crippen LogP contribution in [0.4, 0.5) is 0 Å². The molecule has 0 atom stereocenters. The predicted octanol–water partition coefficient (Wildman–Crippen LogP) is 3.98. The highest BCUT2D eigenvalue weighted by Crippen LogP contribution is 2.21. The molecule has 20 heavy (non-hydrogen) atoms. The van der Waals surface area contributed by atoms with Crippen molar-refractivity contribution in [2.45, 2.75) is 6.92 Å². The number of halogens is 1. The maximum absolute atomic E-state index is 8.79. The fourth-order valence-corrected chi connectivity index (χ4v) is 1.97. The van der Waals surface area contributed by atoms with Crippen molar-refractivity contribution in [1.29, 1.82) is 5.26 Å². The Balaban J connectivity index is 1.83. The minimum Gasteiger partial charge on any atom is -0.490 e. The van der Waals surface area contributed by atoms with Crippen molar-refractivity contribution in [2.24, 2.45) is 0 Å². The summed E-state index contributed by atoms with van der Waals surface area (Å²) < 4.78 is 11.2. The van der Waals surface area contributed by atoms with E-state index < -0.39 is 0 Å². The second-order valence-corrected chi connectivity index (χ2v) is 4.68. The third-order valence-electron chi connectivity index (χ3n) is 2.71. The Bertz CT molecular complexity index is 635. The van der Waals surface area contributed by atoms with E-state index in [0.29, 0.717) is 29.5 Å². The Kier molecular flexibility index (Phi) is 4.86. The van der Waals surface area contributed by atoms with Crippen LogP contribution in [0.15, 0.2) is 42.5 Å². The van der Waals surface area contributed by atoms with Crippen molar-refractivity contribution in [1.82, 2.24) is 0 Å². The quantitative estimate of drug-likeness (QED) is 0.781. The van der Waals surface area contributed by atoms with Crippen LogP contribution in [0, 0.1) is 18.3 Å². The van der Waals surface area contributed by atoms with Crippen molar-refractivity contribution >= 4 is 11.6 Å². The predicted molar refractivity (Wildman–Crippen MR) is 78.3 cm³/mol. The van der Waals surface area contributed by atoms with Crippen LogP contribution < -0.4 is 9.47 Å². The molecule has 0 bridgehead atoms. The molecule has 2 rings (SSSR count). The highest BCUT2D eigenvalue weighted by Gasteiger charge is 2.01.